The van der Waals surface area contributed by atoms with Crippen LogP contribution in [0.2, 0.25) is 5.15 Å². The maximum absolute atomic E-state index is 11.1. The molecule has 0 saturated heterocycles. The van der Waals surface area contributed by atoms with Crippen molar-refractivity contribution in [3.8, 4) is 0 Å². The number of nitrogens with one attached hydrogen (secondary N) is 1. The van der Waals surface area contributed by atoms with Crippen molar-refractivity contribution >= 4 is 23.2 Å². The number of hydrogen-bond donors (Lipinski definition) is 2. The van der Waals surface area contributed by atoms with Crippen LogP contribution in [0.25, 0.3) is 0 Å². The lowest BCUT2D eigenvalue weighted by Gasteiger charge is -2.01. The average molecular weight is 217 g/mol. The van der Waals surface area contributed by atoms with Gasteiger partial charge < -0.3 is 0 Å². The van der Waals surface area contributed by atoms with Crippen LogP contribution >= 0.6 is 11.6 Å². The Morgan fingerprint density at radius 1 is 1.71 bits per heavy atom. The minimum absolute atomic E-state index is 0.225. The van der Waals surface area contributed by atoms with Crippen molar-refractivity contribution in [2.75, 3.05) is 0 Å². The number of nitrogens with two attached hydrogens (primary N) is 1. The fourth-order valence-electron chi connectivity index (χ4n) is 0.863. The van der Waals surface area contributed by atoms with E-state index in [9.17, 15) is 14.9 Å². The Kier molecular flexibility index (Phi) is 2.95. The van der Waals surface area contributed by atoms with E-state index in [1.807, 2.05) is 0 Å². The number of carbonyl (C=O) groups is 1. The first kappa shape index (κ1) is 10.4. The Morgan fingerprint density at radius 2 is 2.36 bits per heavy atom. The van der Waals surface area contributed by atoms with Gasteiger partial charge >= 0.3 is 5.69 Å². The Morgan fingerprint density at radius 3 is 2.86 bits per heavy atom. The Balaban J connectivity index is 3.35. The molecule has 0 aliphatic heterocycles. The molecule has 0 aliphatic rings. The van der Waals surface area contributed by atoms with Gasteiger partial charge in [0.2, 0.25) is 5.15 Å². The van der Waals surface area contributed by atoms with Crippen molar-refractivity contribution in [3.63, 3.8) is 0 Å². The van der Waals surface area contributed by atoms with Crippen LogP contribution in [0.3, 0.4) is 0 Å². The van der Waals surface area contributed by atoms with Crippen LogP contribution in [0.15, 0.2) is 12.3 Å². The molecule has 8 heteroatoms. The molecule has 14 heavy (non-hydrogen) atoms. The van der Waals surface area contributed by atoms with Gasteiger partial charge in [0.15, 0.2) is 0 Å². The predicted octanol–water partition coefficient (Wildman–Crippen LogP) is 0.247. The molecule has 1 aromatic rings. The first-order valence-electron chi connectivity index (χ1n) is 3.37. The number of amides is 1. The lowest BCUT2D eigenvalue weighted by Crippen LogP contribution is -2.30. The quantitative estimate of drug-likeness (QED) is 0.242. The Hall–Kier alpha value is -1.73. The molecule has 0 bridgehead atoms. The largest absolute Gasteiger partial charge is 0.319 e. The molecular formula is C6H5ClN4O3. The normalized spacial score (nSPS) is 9.57. The number of nitrogens with zero attached hydrogens (tertiary/aromatic N) is 2. The maximum atomic E-state index is 11.1. The van der Waals surface area contributed by atoms with E-state index in [0.29, 0.717) is 0 Å². The number of nitro groups is 1. The molecule has 1 heterocycles. The van der Waals surface area contributed by atoms with E-state index in [-0.39, 0.29) is 10.7 Å². The van der Waals surface area contributed by atoms with E-state index in [2.05, 4.69) is 4.98 Å². The lowest BCUT2D eigenvalue weighted by molar-refractivity contribution is -0.385. The van der Waals surface area contributed by atoms with Gasteiger partial charge in [-0.05, 0) is 6.07 Å². The van der Waals surface area contributed by atoms with Crippen LogP contribution in [-0.2, 0) is 0 Å². The standard InChI is InChI=1S/C6H5ClN4O3/c7-5-4(11(13)14)3(1-2-9-5)6(12)10-8/h1-2H,8H2,(H,10,12). The van der Waals surface area contributed by atoms with Gasteiger partial charge in [-0.2, -0.15) is 0 Å². The van der Waals surface area contributed by atoms with Crippen molar-refractivity contribution < 1.29 is 9.72 Å². The molecule has 0 fully saturated rings. The molecule has 0 unspecified atom stereocenters. The third-order valence-electron chi connectivity index (χ3n) is 1.44. The summed E-state index contributed by atoms with van der Waals surface area (Å²) in [5, 5.41) is 10.2. The number of nitrogen functional groups attached to an aromatic ring is 1. The summed E-state index contributed by atoms with van der Waals surface area (Å²) in [5.41, 5.74) is 0.991. The number of halogens is 1. The molecular weight excluding hydrogens is 212 g/mol. The van der Waals surface area contributed by atoms with E-state index in [1.165, 1.54) is 6.20 Å². The van der Waals surface area contributed by atoms with E-state index in [4.69, 9.17) is 17.4 Å². The molecule has 0 radical (unpaired) electrons. The van der Waals surface area contributed by atoms with Gasteiger partial charge in [0.25, 0.3) is 5.91 Å². The van der Waals surface area contributed by atoms with Crippen LogP contribution in [0.4, 0.5) is 5.69 Å². The van der Waals surface area contributed by atoms with Gasteiger partial charge in [-0.25, -0.2) is 10.8 Å². The lowest BCUT2D eigenvalue weighted by atomic mass is 10.2. The number of hydrazine groups is 1. The zero-order valence-corrected chi connectivity index (χ0v) is 7.49. The average Bonchev–Trinajstić information content (AvgIpc) is 2.15. The van der Waals surface area contributed by atoms with Crippen LogP contribution in [0, 0.1) is 10.1 Å². The summed E-state index contributed by atoms with van der Waals surface area (Å²) in [7, 11) is 0. The second-order valence-electron chi connectivity index (χ2n) is 2.23. The second-order valence-corrected chi connectivity index (χ2v) is 2.59. The minimum atomic E-state index is -0.792. The SMILES string of the molecule is NNC(=O)c1ccnc(Cl)c1[N+](=O)[O-]. The molecule has 74 valence electrons. The molecule has 0 aromatic carbocycles. The molecule has 1 rings (SSSR count). The zero-order valence-electron chi connectivity index (χ0n) is 6.73. The van der Waals surface area contributed by atoms with Gasteiger partial charge in [-0.15, -0.1) is 0 Å². The number of pyridine rings is 1. The molecule has 1 amide bonds. The Labute approximate surface area is 83.0 Å². The summed E-state index contributed by atoms with van der Waals surface area (Å²) >= 11 is 5.45. The second kappa shape index (κ2) is 3.99. The van der Waals surface area contributed by atoms with Gasteiger partial charge in [0.05, 0.1) is 4.92 Å². The van der Waals surface area contributed by atoms with Gasteiger partial charge in [0.1, 0.15) is 5.56 Å². The van der Waals surface area contributed by atoms with Gasteiger partial charge in [0, 0.05) is 6.20 Å². The molecule has 3 N–H and O–H groups in total. The van der Waals surface area contributed by atoms with E-state index in [0.717, 1.165) is 6.07 Å². The van der Waals surface area contributed by atoms with Crippen LogP contribution in [0.5, 0.6) is 0 Å². The summed E-state index contributed by atoms with van der Waals surface area (Å²) in [4.78, 5) is 24.3. The fraction of sp³-hybridized carbons (Fsp3) is 0. The fourth-order valence-corrected chi connectivity index (χ4v) is 1.09. The monoisotopic (exact) mass is 216 g/mol. The minimum Gasteiger partial charge on any atom is -0.290 e. The van der Waals surface area contributed by atoms with Crippen molar-refractivity contribution in [2.24, 2.45) is 5.84 Å². The maximum Gasteiger partial charge on any atom is 0.319 e. The summed E-state index contributed by atoms with van der Waals surface area (Å²) < 4.78 is 0. The van der Waals surface area contributed by atoms with Crippen LogP contribution < -0.4 is 11.3 Å². The number of carbonyl (C=O) groups excluding carboxylic acids is 1. The highest BCUT2D eigenvalue weighted by Crippen LogP contribution is 2.25. The zero-order chi connectivity index (χ0) is 10.7. The van der Waals surface area contributed by atoms with Gasteiger partial charge in [-0.3, -0.25) is 20.3 Å². The topological polar surface area (TPSA) is 111 Å². The summed E-state index contributed by atoms with van der Waals surface area (Å²) in [6.07, 6.45) is 1.18. The van der Waals surface area contributed by atoms with Crippen LogP contribution in [-0.4, -0.2) is 15.8 Å². The van der Waals surface area contributed by atoms with Crippen molar-refractivity contribution in [2.45, 2.75) is 0 Å². The highest BCUT2D eigenvalue weighted by molar-refractivity contribution is 6.32. The molecule has 0 saturated carbocycles. The number of aromatic nitrogens is 1. The van der Waals surface area contributed by atoms with Crippen molar-refractivity contribution in [1.29, 1.82) is 0 Å². The first-order chi connectivity index (χ1) is 6.57. The Bertz CT molecular complexity index is 395. The summed E-state index contributed by atoms with van der Waals surface area (Å²) in [6, 6.07) is 1.16. The molecule has 7 nitrogen and oxygen atoms in total. The van der Waals surface area contributed by atoms with E-state index in [1.54, 1.807) is 5.43 Å². The number of hydrogen-bond acceptors (Lipinski definition) is 5. The third-order valence-corrected chi connectivity index (χ3v) is 1.71. The van der Waals surface area contributed by atoms with E-state index < -0.39 is 16.5 Å². The number of rotatable bonds is 2. The molecule has 0 aliphatic carbocycles. The molecule has 0 spiro atoms. The highest BCUT2D eigenvalue weighted by atomic mass is 35.5. The molecule has 1 aromatic heterocycles. The third kappa shape index (κ3) is 1.78. The van der Waals surface area contributed by atoms with Crippen molar-refractivity contribution in [1.82, 2.24) is 10.4 Å². The van der Waals surface area contributed by atoms with Crippen LogP contribution in [0.1, 0.15) is 10.4 Å². The summed E-state index contributed by atoms with van der Waals surface area (Å²) in [6.45, 7) is 0. The predicted molar refractivity (Wildman–Crippen MR) is 47.6 cm³/mol. The smallest absolute Gasteiger partial charge is 0.290 e. The summed E-state index contributed by atoms with van der Waals surface area (Å²) in [5.74, 6) is 4.05. The van der Waals surface area contributed by atoms with Gasteiger partial charge in [-0.1, -0.05) is 11.6 Å². The van der Waals surface area contributed by atoms with Crippen molar-refractivity contribution in [3.05, 3.63) is 33.1 Å². The van der Waals surface area contributed by atoms with E-state index >= 15 is 0 Å². The first-order valence-corrected chi connectivity index (χ1v) is 3.75. The highest BCUT2D eigenvalue weighted by Gasteiger charge is 2.23. The molecule has 0 atom stereocenters.